The van der Waals surface area contributed by atoms with E-state index in [9.17, 15) is 0 Å². The number of aliphatic imine (C=N–C) groups is 1. The third kappa shape index (κ3) is 5.04. The molecule has 1 aromatic rings. The summed E-state index contributed by atoms with van der Waals surface area (Å²) in [7, 11) is 1.86. The van der Waals surface area contributed by atoms with Gasteiger partial charge in [-0.2, -0.15) is 0 Å². The van der Waals surface area contributed by atoms with E-state index in [-0.39, 0.29) is 24.0 Å². The number of furan rings is 1. The Morgan fingerprint density at radius 3 is 3.05 bits per heavy atom. The van der Waals surface area contributed by atoms with Gasteiger partial charge in [-0.25, -0.2) is 0 Å². The van der Waals surface area contributed by atoms with E-state index < -0.39 is 0 Å². The summed E-state index contributed by atoms with van der Waals surface area (Å²) in [6, 6.07) is 3.93. The summed E-state index contributed by atoms with van der Waals surface area (Å²) >= 11 is 0. The summed E-state index contributed by atoms with van der Waals surface area (Å²) in [4.78, 5) is 6.72. The summed E-state index contributed by atoms with van der Waals surface area (Å²) in [6.07, 6.45) is 5.21. The molecule has 2 heterocycles. The van der Waals surface area contributed by atoms with Crippen LogP contribution in [0.3, 0.4) is 0 Å². The minimum absolute atomic E-state index is 0. The summed E-state index contributed by atoms with van der Waals surface area (Å²) in [5, 5.41) is 3.41. The van der Waals surface area contributed by atoms with Gasteiger partial charge in [-0.15, -0.1) is 24.0 Å². The smallest absolute Gasteiger partial charge is 0.193 e. The zero-order chi connectivity index (χ0) is 12.8. The Morgan fingerprint density at radius 2 is 2.42 bits per heavy atom. The lowest BCUT2D eigenvalue weighted by Gasteiger charge is -2.33. The minimum Gasteiger partial charge on any atom is -0.469 e. The number of likely N-dealkylation sites (tertiary alicyclic amines) is 1. The Bertz CT molecular complexity index is 378. The van der Waals surface area contributed by atoms with Gasteiger partial charge in [0.1, 0.15) is 5.76 Å². The lowest BCUT2D eigenvalue weighted by atomic mass is 10.0. The highest BCUT2D eigenvalue weighted by atomic mass is 127. The molecule has 0 bridgehead atoms. The molecule has 0 radical (unpaired) electrons. The van der Waals surface area contributed by atoms with Gasteiger partial charge < -0.3 is 14.6 Å². The zero-order valence-electron chi connectivity index (χ0n) is 11.8. The predicted molar refractivity (Wildman–Crippen MR) is 89.2 cm³/mol. The maximum Gasteiger partial charge on any atom is 0.193 e. The Hall–Kier alpha value is -0.720. The maximum absolute atomic E-state index is 5.32. The number of hydrogen-bond donors (Lipinski definition) is 1. The van der Waals surface area contributed by atoms with Crippen molar-refractivity contribution in [2.45, 2.75) is 26.2 Å². The number of piperidine rings is 1. The molecule has 1 unspecified atom stereocenters. The molecule has 0 spiro atoms. The molecule has 0 aliphatic carbocycles. The van der Waals surface area contributed by atoms with Gasteiger partial charge in [0.25, 0.3) is 0 Å². The Morgan fingerprint density at radius 1 is 1.58 bits per heavy atom. The van der Waals surface area contributed by atoms with Gasteiger partial charge in [0.15, 0.2) is 5.96 Å². The van der Waals surface area contributed by atoms with Gasteiger partial charge in [-0.3, -0.25) is 4.99 Å². The predicted octanol–water partition coefficient (Wildman–Crippen LogP) is 2.75. The lowest BCUT2D eigenvalue weighted by molar-refractivity contribution is 0.266. The van der Waals surface area contributed by atoms with Crippen LogP contribution in [-0.2, 0) is 6.42 Å². The number of rotatable bonds is 3. The summed E-state index contributed by atoms with van der Waals surface area (Å²) in [5.74, 6) is 2.81. The van der Waals surface area contributed by atoms with E-state index in [2.05, 4.69) is 22.1 Å². The second-order valence-corrected chi connectivity index (χ2v) is 5.00. The third-order valence-corrected chi connectivity index (χ3v) is 3.40. The molecule has 1 aliphatic heterocycles. The van der Waals surface area contributed by atoms with Crippen LogP contribution in [0.2, 0.25) is 0 Å². The molecule has 5 heteroatoms. The van der Waals surface area contributed by atoms with Crippen molar-refractivity contribution in [2.75, 3.05) is 26.7 Å². The van der Waals surface area contributed by atoms with Gasteiger partial charge in [-0.05, 0) is 30.9 Å². The average Bonchev–Trinajstić information content (AvgIpc) is 2.88. The van der Waals surface area contributed by atoms with Crippen LogP contribution in [0.5, 0.6) is 0 Å². The van der Waals surface area contributed by atoms with Gasteiger partial charge >= 0.3 is 0 Å². The Kier molecular flexibility index (Phi) is 7.27. The summed E-state index contributed by atoms with van der Waals surface area (Å²) < 4.78 is 5.32. The van der Waals surface area contributed by atoms with E-state index in [1.54, 1.807) is 6.26 Å². The highest BCUT2D eigenvalue weighted by molar-refractivity contribution is 14.0. The molecular weight excluding hydrogens is 353 g/mol. The van der Waals surface area contributed by atoms with Crippen molar-refractivity contribution in [2.24, 2.45) is 10.9 Å². The second-order valence-electron chi connectivity index (χ2n) is 5.00. The molecule has 2 rings (SSSR count). The van der Waals surface area contributed by atoms with Crippen molar-refractivity contribution in [3.05, 3.63) is 24.2 Å². The standard InChI is InChI=1S/C14H23N3O.HI/c1-12-5-3-9-17(11-12)14(15-2)16-8-7-13-6-4-10-18-13;/h4,6,10,12H,3,5,7-9,11H2,1-2H3,(H,15,16);1H. The van der Waals surface area contributed by atoms with Crippen molar-refractivity contribution in [1.82, 2.24) is 10.2 Å². The number of nitrogens with one attached hydrogen (secondary N) is 1. The van der Waals surface area contributed by atoms with Crippen molar-refractivity contribution < 1.29 is 4.42 Å². The first-order valence-corrected chi connectivity index (χ1v) is 6.77. The topological polar surface area (TPSA) is 40.8 Å². The van der Waals surface area contributed by atoms with Crippen molar-refractivity contribution in [3.8, 4) is 0 Å². The Balaban J connectivity index is 0.00000180. The Labute approximate surface area is 132 Å². The SMILES string of the molecule is CN=C(NCCc1ccco1)N1CCCC(C)C1.I. The molecule has 1 saturated heterocycles. The largest absolute Gasteiger partial charge is 0.469 e. The van der Waals surface area contributed by atoms with E-state index in [4.69, 9.17) is 4.42 Å². The van der Waals surface area contributed by atoms with Gasteiger partial charge in [0.2, 0.25) is 0 Å². The quantitative estimate of drug-likeness (QED) is 0.500. The molecule has 1 fully saturated rings. The first-order chi connectivity index (χ1) is 8.79. The first kappa shape index (κ1) is 16.3. The molecule has 0 aromatic carbocycles. The number of halogens is 1. The highest BCUT2D eigenvalue weighted by Crippen LogP contribution is 2.15. The fourth-order valence-electron chi connectivity index (χ4n) is 2.47. The van der Waals surface area contributed by atoms with E-state index in [1.807, 2.05) is 19.2 Å². The summed E-state index contributed by atoms with van der Waals surface area (Å²) in [6.45, 7) is 5.40. The fraction of sp³-hybridized carbons (Fsp3) is 0.643. The van der Waals surface area contributed by atoms with Crippen molar-refractivity contribution in [3.63, 3.8) is 0 Å². The average molecular weight is 377 g/mol. The van der Waals surface area contributed by atoms with Crippen LogP contribution in [0.25, 0.3) is 0 Å². The van der Waals surface area contributed by atoms with E-state index in [1.165, 1.54) is 12.8 Å². The molecule has 1 aromatic heterocycles. The van der Waals surface area contributed by atoms with Crippen LogP contribution in [-0.4, -0.2) is 37.5 Å². The fourth-order valence-corrected chi connectivity index (χ4v) is 2.47. The molecule has 19 heavy (non-hydrogen) atoms. The van der Waals surface area contributed by atoms with Gasteiger partial charge in [-0.1, -0.05) is 6.92 Å². The molecule has 4 nitrogen and oxygen atoms in total. The van der Waals surface area contributed by atoms with Crippen LogP contribution in [0.15, 0.2) is 27.8 Å². The van der Waals surface area contributed by atoms with Crippen molar-refractivity contribution >= 4 is 29.9 Å². The molecule has 0 amide bonds. The van der Waals surface area contributed by atoms with E-state index in [0.29, 0.717) is 0 Å². The van der Waals surface area contributed by atoms with Crippen LogP contribution in [0, 0.1) is 5.92 Å². The zero-order valence-corrected chi connectivity index (χ0v) is 14.1. The van der Waals surface area contributed by atoms with Crippen LogP contribution in [0.1, 0.15) is 25.5 Å². The number of nitrogens with zero attached hydrogens (tertiary/aromatic N) is 2. The van der Waals surface area contributed by atoms with Crippen LogP contribution >= 0.6 is 24.0 Å². The first-order valence-electron chi connectivity index (χ1n) is 6.77. The van der Waals surface area contributed by atoms with Crippen LogP contribution < -0.4 is 5.32 Å². The van der Waals surface area contributed by atoms with Gasteiger partial charge in [0, 0.05) is 33.1 Å². The van der Waals surface area contributed by atoms with E-state index >= 15 is 0 Å². The van der Waals surface area contributed by atoms with Gasteiger partial charge in [0.05, 0.1) is 6.26 Å². The molecular formula is C14H24IN3O. The monoisotopic (exact) mass is 377 g/mol. The number of hydrogen-bond acceptors (Lipinski definition) is 2. The maximum atomic E-state index is 5.32. The molecule has 1 aliphatic rings. The van der Waals surface area contributed by atoms with Crippen LogP contribution in [0.4, 0.5) is 0 Å². The second kappa shape index (κ2) is 8.45. The lowest BCUT2D eigenvalue weighted by Crippen LogP contribution is -2.46. The molecule has 0 saturated carbocycles. The normalized spacial score (nSPS) is 20.0. The summed E-state index contributed by atoms with van der Waals surface area (Å²) in [5.41, 5.74) is 0. The van der Waals surface area contributed by atoms with Crippen molar-refractivity contribution in [1.29, 1.82) is 0 Å². The molecule has 1 atom stereocenters. The molecule has 1 N–H and O–H groups in total. The van der Waals surface area contributed by atoms with E-state index in [0.717, 1.165) is 43.7 Å². The third-order valence-electron chi connectivity index (χ3n) is 3.40. The minimum atomic E-state index is 0. The molecule has 108 valence electrons. The number of guanidine groups is 1. The highest BCUT2D eigenvalue weighted by Gasteiger charge is 2.18.